The highest BCUT2D eigenvalue weighted by molar-refractivity contribution is 5.92. The Morgan fingerprint density at radius 3 is 1.84 bits per heavy atom. The fraction of sp³-hybridized carbons (Fsp3) is 0.867. The van der Waals surface area contributed by atoms with Gasteiger partial charge in [-0.05, 0) is 38.0 Å². The number of hydrogen-bond acceptors (Lipinski definition) is 2. The second kappa shape index (κ2) is 5.14. The van der Waals surface area contributed by atoms with Crippen molar-refractivity contribution in [3.05, 3.63) is 0 Å². The molecule has 2 saturated heterocycles. The summed E-state index contributed by atoms with van der Waals surface area (Å²) in [5.41, 5.74) is 0. The van der Waals surface area contributed by atoms with Crippen molar-refractivity contribution in [1.82, 2.24) is 9.80 Å². The first-order valence-electron chi connectivity index (χ1n) is 7.74. The molecule has 1 aliphatic carbocycles. The normalized spacial score (nSPS) is 31.6. The maximum atomic E-state index is 12.4. The lowest BCUT2D eigenvalue weighted by atomic mass is 9.99. The first kappa shape index (κ1) is 12.9. The molecule has 0 aromatic heterocycles. The summed E-state index contributed by atoms with van der Waals surface area (Å²) in [6, 6.07) is 0. The van der Waals surface area contributed by atoms with E-state index in [2.05, 4.69) is 6.92 Å². The molecule has 2 aliphatic heterocycles. The second-order valence-corrected chi connectivity index (χ2v) is 6.49. The van der Waals surface area contributed by atoms with E-state index in [1.54, 1.807) is 0 Å². The summed E-state index contributed by atoms with van der Waals surface area (Å²) < 4.78 is 0. The monoisotopic (exact) mass is 264 g/mol. The summed E-state index contributed by atoms with van der Waals surface area (Å²) in [6.45, 7) is 5.83. The zero-order chi connectivity index (χ0) is 13.4. The van der Waals surface area contributed by atoms with Gasteiger partial charge < -0.3 is 9.80 Å². The van der Waals surface area contributed by atoms with Crippen LogP contribution in [0.15, 0.2) is 0 Å². The summed E-state index contributed by atoms with van der Waals surface area (Å²) in [5, 5.41) is 0. The molecule has 2 unspecified atom stereocenters. The Bertz CT molecular complexity index is 368. The van der Waals surface area contributed by atoms with Crippen LogP contribution < -0.4 is 0 Å². The van der Waals surface area contributed by atoms with Crippen LogP contribution in [0.2, 0.25) is 0 Å². The third kappa shape index (κ3) is 2.63. The standard InChI is InChI=1S/C15H24N2O2/c1-11-4-8-17(9-5-11)15(19)13-10-12(13)14(18)16-6-2-3-7-16/h11-13H,2-10H2,1H3. The highest BCUT2D eigenvalue weighted by atomic mass is 16.2. The Morgan fingerprint density at radius 2 is 1.32 bits per heavy atom. The highest BCUT2D eigenvalue weighted by Crippen LogP contribution is 2.42. The van der Waals surface area contributed by atoms with Crippen LogP contribution in [0.1, 0.15) is 39.0 Å². The Morgan fingerprint density at radius 1 is 0.842 bits per heavy atom. The maximum absolute atomic E-state index is 12.4. The molecule has 0 radical (unpaired) electrons. The van der Waals surface area contributed by atoms with Gasteiger partial charge in [0.2, 0.25) is 11.8 Å². The van der Waals surface area contributed by atoms with Gasteiger partial charge in [-0.1, -0.05) is 6.92 Å². The Kier molecular flexibility index (Phi) is 3.50. The summed E-state index contributed by atoms with van der Waals surface area (Å²) in [7, 11) is 0. The number of amides is 2. The summed E-state index contributed by atoms with van der Waals surface area (Å²) in [4.78, 5) is 28.5. The minimum atomic E-state index is 0.00139. The molecule has 0 bridgehead atoms. The van der Waals surface area contributed by atoms with E-state index < -0.39 is 0 Å². The van der Waals surface area contributed by atoms with Crippen LogP contribution in [0.25, 0.3) is 0 Å². The largest absolute Gasteiger partial charge is 0.342 e. The number of carbonyl (C=O) groups excluding carboxylic acids is 2. The minimum absolute atomic E-state index is 0.00139. The summed E-state index contributed by atoms with van der Waals surface area (Å²) in [5.74, 6) is 1.22. The summed E-state index contributed by atoms with van der Waals surface area (Å²) >= 11 is 0. The predicted octanol–water partition coefficient (Wildman–Crippen LogP) is 1.50. The summed E-state index contributed by atoms with van der Waals surface area (Å²) in [6.07, 6.45) is 5.27. The van der Waals surface area contributed by atoms with Crippen molar-refractivity contribution in [1.29, 1.82) is 0 Å². The lowest BCUT2D eigenvalue weighted by Gasteiger charge is -2.30. The fourth-order valence-corrected chi connectivity index (χ4v) is 3.38. The Labute approximate surface area is 115 Å². The zero-order valence-electron chi connectivity index (χ0n) is 11.8. The quantitative estimate of drug-likeness (QED) is 0.758. The van der Waals surface area contributed by atoms with Gasteiger partial charge in [-0.15, -0.1) is 0 Å². The number of hydrogen-bond donors (Lipinski definition) is 0. The van der Waals surface area contributed by atoms with Gasteiger partial charge in [0.25, 0.3) is 0 Å². The Hall–Kier alpha value is -1.06. The molecule has 0 aromatic rings. The first-order valence-corrected chi connectivity index (χ1v) is 7.74. The van der Waals surface area contributed by atoms with Crippen LogP contribution >= 0.6 is 0 Å². The van der Waals surface area contributed by atoms with E-state index in [0.29, 0.717) is 0 Å². The number of likely N-dealkylation sites (tertiary alicyclic amines) is 2. The van der Waals surface area contributed by atoms with E-state index in [0.717, 1.165) is 64.2 Å². The van der Waals surface area contributed by atoms with E-state index in [1.165, 1.54) is 0 Å². The average Bonchev–Trinajstić information content (AvgIpc) is 3.03. The van der Waals surface area contributed by atoms with Crippen molar-refractivity contribution in [2.45, 2.75) is 39.0 Å². The molecule has 1 saturated carbocycles. The Balaban J connectivity index is 1.51. The van der Waals surface area contributed by atoms with Crippen molar-refractivity contribution in [2.75, 3.05) is 26.2 Å². The van der Waals surface area contributed by atoms with Crippen LogP contribution in [-0.2, 0) is 9.59 Å². The third-order valence-electron chi connectivity index (χ3n) is 4.94. The molecule has 2 heterocycles. The van der Waals surface area contributed by atoms with Gasteiger partial charge in [0.1, 0.15) is 0 Å². The molecule has 3 aliphatic rings. The molecule has 2 atom stereocenters. The minimum Gasteiger partial charge on any atom is -0.342 e. The number of piperidine rings is 1. The van der Waals surface area contributed by atoms with Crippen LogP contribution in [0.4, 0.5) is 0 Å². The van der Waals surface area contributed by atoms with Gasteiger partial charge >= 0.3 is 0 Å². The van der Waals surface area contributed by atoms with Gasteiger partial charge in [0, 0.05) is 26.2 Å². The third-order valence-corrected chi connectivity index (χ3v) is 4.94. The van der Waals surface area contributed by atoms with Crippen molar-refractivity contribution in [3.63, 3.8) is 0 Å². The average molecular weight is 264 g/mol. The van der Waals surface area contributed by atoms with Gasteiger partial charge in [0.05, 0.1) is 11.8 Å². The molecule has 2 amide bonds. The molecule has 0 spiro atoms. The van der Waals surface area contributed by atoms with Gasteiger partial charge in [-0.2, -0.15) is 0 Å². The molecule has 3 rings (SSSR count). The van der Waals surface area contributed by atoms with Crippen LogP contribution in [0, 0.1) is 17.8 Å². The van der Waals surface area contributed by atoms with Crippen molar-refractivity contribution >= 4 is 11.8 Å². The highest BCUT2D eigenvalue weighted by Gasteiger charge is 2.51. The van der Waals surface area contributed by atoms with E-state index in [4.69, 9.17) is 0 Å². The van der Waals surface area contributed by atoms with Crippen molar-refractivity contribution in [2.24, 2.45) is 17.8 Å². The number of nitrogens with zero attached hydrogens (tertiary/aromatic N) is 2. The lowest BCUT2D eigenvalue weighted by Crippen LogP contribution is -2.40. The van der Waals surface area contributed by atoms with E-state index in [1.807, 2.05) is 9.80 Å². The molecule has 4 heteroatoms. The molecule has 19 heavy (non-hydrogen) atoms. The zero-order valence-corrected chi connectivity index (χ0v) is 11.8. The first-order chi connectivity index (χ1) is 9.16. The predicted molar refractivity (Wildman–Crippen MR) is 72.4 cm³/mol. The van der Waals surface area contributed by atoms with Gasteiger partial charge in [-0.25, -0.2) is 0 Å². The second-order valence-electron chi connectivity index (χ2n) is 6.49. The topological polar surface area (TPSA) is 40.6 Å². The van der Waals surface area contributed by atoms with Crippen molar-refractivity contribution in [3.8, 4) is 0 Å². The molecular weight excluding hydrogens is 240 g/mol. The molecule has 106 valence electrons. The number of rotatable bonds is 2. The molecule has 4 nitrogen and oxygen atoms in total. The smallest absolute Gasteiger partial charge is 0.226 e. The van der Waals surface area contributed by atoms with Crippen LogP contribution in [-0.4, -0.2) is 47.8 Å². The van der Waals surface area contributed by atoms with E-state index >= 15 is 0 Å². The van der Waals surface area contributed by atoms with Crippen molar-refractivity contribution < 1.29 is 9.59 Å². The maximum Gasteiger partial charge on any atom is 0.226 e. The molecular formula is C15H24N2O2. The van der Waals surface area contributed by atoms with E-state index in [-0.39, 0.29) is 23.7 Å². The number of carbonyl (C=O) groups is 2. The molecule has 3 fully saturated rings. The SMILES string of the molecule is CC1CCN(C(=O)C2CC2C(=O)N2CCCC2)CC1. The fourth-order valence-electron chi connectivity index (χ4n) is 3.38. The van der Waals surface area contributed by atoms with Gasteiger partial charge in [-0.3, -0.25) is 9.59 Å². The molecule has 0 N–H and O–H groups in total. The lowest BCUT2D eigenvalue weighted by molar-refractivity contribution is -0.138. The van der Waals surface area contributed by atoms with Crippen LogP contribution in [0.5, 0.6) is 0 Å². The van der Waals surface area contributed by atoms with Gasteiger partial charge in [0.15, 0.2) is 0 Å². The van der Waals surface area contributed by atoms with E-state index in [9.17, 15) is 9.59 Å². The molecule has 0 aromatic carbocycles. The van der Waals surface area contributed by atoms with Crippen LogP contribution in [0.3, 0.4) is 0 Å².